The van der Waals surface area contributed by atoms with Crippen molar-refractivity contribution in [2.45, 2.75) is 46.5 Å². The summed E-state index contributed by atoms with van der Waals surface area (Å²) in [4.78, 5) is 25.5. The Morgan fingerprint density at radius 2 is 1.81 bits per heavy atom. The van der Waals surface area contributed by atoms with Gasteiger partial charge in [0.05, 0.1) is 12.7 Å². The molecule has 1 aromatic carbocycles. The Kier molecular flexibility index (Phi) is 6.60. The van der Waals surface area contributed by atoms with E-state index in [1.165, 1.54) is 30.1 Å². The van der Waals surface area contributed by atoms with E-state index in [4.69, 9.17) is 4.74 Å². The van der Waals surface area contributed by atoms with Gasteiger partial charge in [-0.2, -0.15) is 0 Å². The molecule has 0 aliphatic carbocycles. The van der Waals surface area contributed by atoms with Crippen LogP contribution >= 0.6 is 11.3 Å². The second-order valence-electron chi connectivity index (χ2n) is 7.38. The van der Waals surface area contributed by atoms with E-state index in [-0.39, 0.29) is 11.3 Å². The summed E-state index contributed by atoms with van der Waals surface area (Å²) in [6, 6.07) is 8.13. The number of carbonyl (C=O) groups excluding carboxylic acids is 2. The maximum Gasteiger partial charge on any atom is 0.341 e. The molecule has 0 aliphatic heterocycles. The molecule has 2 rings (SSSR count). The number of hydrogen-bond acceptors (Lipinski definition) is 4. The highest BCUT2D eigenvalue weighted by atomic mass is 32.1. The van der Waals surface area contributed by atoms with E-state index < -0.39 is 5.97 Å². The monoisotopic (exact) mass is 385 g/mol. The average Bonchev–Trinajstić information content (AvgIpc) is 2.93. The zero-order valence-corrected chi connectivity index (χ0v) is 17.6. The summed E-state index contributed by atoms with van der Waals surface area (Å²) in [6.07, 6.45) is 3.95. The van der Waals surface area contributed by atoms with Gasteiger partial charge in [0.25, 0.3) is 0 Å². The molecule has 0 saturated heterocycles. The summed E-state index contributed by atoms with van der Waals surface area (Å²) in [5.41, 5.74) is 3.66. The summed E-state index contributed by atoms with van der Waals surface area (Å²) in [6.45, 7) is 10.4. The van der Waals surface area contributed by atoms with Gasteiger partial charge in [-0.15, -0.1) is 11.3 Å². The van der Waals surface area contributed by atoms with Crippen molar-refractivity contribution in [2.75, 3.05) is 12.4 Å². The van der Waals surface area contributed by atoms with Gasteiger partial charge in [-0.25, -0.2) is 4.79 Å². The van der Waals surface area contributed by atoms with Crippen LogP contribution in [0.25, 0.3) is 6.08 Å². The van der Waals surface area contributed by atoms with Crippen molar-refractivity contribution in [3.05, 3.63) is 57.5 Å². The zero-order chi connectivity index (χ0) is 20.2. The van der Waals surface area contributed by atoms with Crippen LogP contribution in [-0.4, -0.2) is 19.0 Å². The number of ether oxygens (including phenoxy) is 1. The minimum Gasteiger partial charge on any atom is -0.465 e. The van der Waals surface area contributed by atoms with Crippen molar-refractivity contribution in [1.29, 1.82) is 0 Å². The first kappa shape index (κ1) is 20.9. The van der Waals surface area contributed by atoms with Gasteiger partial charge in [-0.3, -0.25) is 4.79 Å². The fourth-order valence-corrected chi connectivity index (χ4v) is 3.97. The van der Waals surface area contributed by atoms with Gasteiger partial charge >= 0.3 is 5.97 Å². The lowest BCUT2D eigenvalue weighted by Crippen LogP contribution is -2.12. The zero-order valence-electron chi connectivity index (χ0n) is 16.8. The maximum atomic E-state index is 12.3. The quantitative estimate of drug-likeness (QED) is 0.557. The number of thiophene rings is 1. The van der Waals surface area contributed by atoms with E-state index in [1.807, 2.05) is 26.0 Å². The van der Waals surface area contributed by atoms with Crippen LogP contribution in [0.4, 0.5) is 5.00 Å². The van der Waals surface area contributed by atoms with E-state index in [2.05, 4.69) is 38.2 Å². The highest BCUT2D eigenvalue weighted by molar-refractivity contribution is 7.16. The normalized spacial score (nSPS) is 11.6. The summed E-state index contributed by atoms with van der Waals surface area (Å²) in [5, 5.41) is 3.36. The van der Waals surface area contributed by atoms with E-state index in [0.717, 1.165) is 16.0 Å². The average molecular weight is 386 g/mol. The number of carbonyl (C=O) groups is 2. The Bertz CT molecular complexity index is 855. The first-order valence-corrected chi connectivity index (χ1v) is 9.79. The molecule has 0 aliphatic rings. The molecule has 1 aromatic heterocycles. The lowest BCUT2D eigenvalue weighted by Gasteiger charge is -2.18. The molecule has 27 heavy (non-hydrogen) atoms. The van der Waals surface area contributed by atoms with Crippen LogP contribution in [0.1, 0.15) is 59.6 Å². The second-order valence-corrected chi connectivity index (χ2v) is 8.61. The van der Waals surface area contributed by atoms with Gasteiger partial charge in [0.1, 0.15) is 5.00 Å². The Hall–Kier alpha value is -2.40. The molecule has 0 saturated carbocycles. The van der Waals surface area contributed by atoms with Gasteiger partial charge in [0.2, 0.25) is 5.91 Å². The largest absolute Gasteiger partial charge is 0.465 e. The topological polar surface area (TPSA) is 55.4 Å². The summed E-state index contributed by atoms with van der Waals surface area (Å²) in [5.74, 6) is -0.697. The van der Waals surface area contributed by atoms with Crippen LogP contribution < -0.4 is 5.32 Å². The molecule has 1 heterocycles. The minimum absolute atomic E-state index is 0.0952. The van der Waals surface area contributed by atoms with Crippen LogP contribution in [0.15, 0.2) is 30.3 Å². The standard InChI is InChI=1S/C22H27NO3S/c1-7-17-14(2)27-20(19(17)21(25)26-6)23-18(24)13-10-15-8-11-16(12-9-15)22(3,4)5/h8-13H,7H2,1-6H3,(H,23,24). The fourth-order valence-electron chi connectivity index (χ4n) is 2.83. The molecule has 1 N–H and O–H groups in total. The van der Waals surface area contributed by atoms with Crippen LogP contribution in [-0.2, 0) is 21.4 Å². The highest BCUT2D eigenvalue weighted by Gasteiger charge is 2.22. The number of anilines is 1. The van der Waals surface area contributed by atoms with Crippen molar-refractivity contribution in [2.24, 2.45) is 0 Å². The van der Waals surface area contributed by atoms with Gasteiger partial charge < -0.3 is 10.1 Å². The predicted octanol–water partition coefficient (Wildman–Crippen LogP) is 5.35. The second kappa shape index (κ2) is 8.53. The number of amides is 1. The van der Waals surface area contributed by atoms with E-state index in [9.17, 15) is 9.59 Å². The van der Waals surface area contributed by atoms with Crippen LogP contribution in [0.2, 0.25) is 0 Å². The molecule has 0 unspecified atom stereocenters. The summed E-state index contributed by atoms with van der Waals surface area (Å²) >= 11 is 1.40. The Labute approximate surface area is 165 Å². The molecule has 0 bridgehead atoms. The van der Waals surface area contributed by atoms with Crippen molar-refractivity contribution in [3.8, 4) is 0 Å². The Balaban J connectivity index is 2.16. The molecular weight excluding hydrogens is 358 g/mol. The van der Waals surface area contributed by atoms with E-state index >= 15 is 0 Å². The predicted molar refractivity (Wildman–Crippen MR) is 113 cm³/mol. The van der Waals surface area contributed by atoms with Crippen molar-refractivity contribution in [1.82, 2.24) is 0 Å². The van der Waals surface area contributed by atoms with Gasteiger partial charge in [0.15, 0.2) is 0 Å². The molecule has 4 nitrogen and oxygen atoms in total. The Morgan fingerprint density at radius 3 is 2.33 bits per heavy atom. The van der Waals surface area contributed by atoms with Gasteiger partial charge in [-0.05, 0) is 41.5 Å². The Morgan fingerprint density at radius 1 is 1.19 bits per heavy atom. The maximum absolute atomic E-state index is 12.3. The summed E-state index contributed by atoms with van der Waals surface area (Å²) < 4.78 is 4.88. The number of benzene rings is 1. The lowest BCUT2D eigenvalue weighted by molar-refractivity contribution is -0.111. The molecule has 0 radical (unpaired) electrons. The van der Waals surface area contributed by atoms with Crippen LogP contribution in [0.3, 0.4) is 0 Å². The minimum atomic E-state index is -0.423. The molecule has 5 heteroatoms. The molecule has 1 amide bonds. The smallest absolute Gasteiger partial charge is 0.341 e. The molecule has 144 valence electrons. The molecule has 0 spiro atoms. The summed E-state index contributed by atoms with van der Waals surface area (Å²) in [7, 11) is 1.35. The molecule has 0 atom stereocenters. The van der Waals surface area contributed by atoms with E-state index in [0.29, 0.717) is 17.0 Å². The van der Waals surface area contributed by atoms with Crippen molar-refractivity contribution in [3.63, 3.8) is 0 Å². The van der Waals surface area contributed by atoms with Crippen LogP contribution in [0, 0.1) is 6.92 Å². The lowest BCUT2D eigenvalue weighted by atomic mass is 9.87. The first-order chi connectivity index (χ1) is 12.7. The van der Waals surface area contributed by atoms with E-state index in [1.54, 1.807) is 6.08 Å². The van der Waals surface area contributed by atoms with Gasteiger partial charge in [-0.1, -0.05) is 52.0 Å². The van der Waals surface area contributed by atoms with Gasteiger partial charge in [0, 0.05) is 11.0 Å². The number of methoxy groups -OCH3 is 1. The van der Waals surface area contributed by atoms with Crippen molar-refractivity contribution < 1.29 is 14.3 Å². The number of aryl methyl sites for hydroxylation is 1. The first-order valence-electron chi connectivity index (χ1n) is 8.97. The molecule has 0 fully saturated rings. The third kappa shape index (κ3) is 5.07. The number of rotatable bonds is 5. The highest BCUT2D eigenvalue weighted by Crippen LogP contribution is 2.34. The number of esters is 1. The molecular formula is C22H27NO3S. The van der Waals surface area contributed by atoms with Crippen molar-refractivity contribution >= 4 is 34.3 Å². The number of nitrogens with one attached hydrogen (secondary N) is 1. The molecule has 2 aromatic rings. The SMILES string of the molecule is CCc1c(C)sc(NC(=O)C=Cc2ccc(C(C)(C)C)cc2)c1C(=O)OC. The van der Waals surface area contributed by atoms with Crippen LogP contribution in [0.5, 0.6) is 0 Å². The third-order valence-electron chi connectivity index (χ3n) is 4.39. The number of hydrogen-bond donors (Lipinski definition) is 1. The third-order valence-corrected chi connectivity index (χ3v) is 5.46. The fraction of sp³-hybridized carbons (Fsp3) is 0.364.